The van der Waals surface area contributed by atoms with Gasteiger partial charge in [-0.25, -0.2) is 14.4 Å². The summed E-state index contributed by atoms with van der Waals surface area (Å²) in [5, 5.41) is 18.6. The molecule has 0 amide bonds. The number of nitrogens with zero attached hydrogens (tertiary/aromatic N) is 3. The number of aliphatic hydroxyl groups excluding tert-OH is 2. The second kappa shape index (κ2) is 4.37. The molecule has 0 radical (unpaired) electrons. The minimum Gasteiger partial charge on any atom is -0.394 e. The summed E-state index contributed by atoms with van der Waals surface area (Å²) < 4.78 is 20.4. The van der Waals surface area contributed by atoms with Crippen molar-refractivity contribution in [2.75, 3.05) is 6.61 Å². The van der Waals surface area contributed by atoms with Crippen LogP contribution in [0.3, 0.4) is 0 Å². The minimum absolute atomic E-state index is 0.0558. The Balaban J connectivity index is 2.06. The number of fused-ring (bicyclic) bond motifs is 1. The summed E-state index contributed by atoms with van der Waals surface area (Å²) in [6.45, 7) is -0.501. The molecule has 3 heterocycles. The summed E-state index contributed by atoms with van der Waals surface area (Å²) in [4.78, 5) is 21.6. The summed E-state index contributed by atoms with van der Waals surface area (Å²) in [5.74, 6) is 0. The van der Waals surface area contributed by atoms with Crippen LogP contribution in [0.15, 0.2) is 17.4 Å². The maximum absolute atomic E-state index is 14.0. The van der Waals surface area contributed by atoms with E-state index in [0.29, 0.717) is 0 Å². The Morgan fingerprint density at radius 2 is 2.32 bits per heavy atom. The third-order valence-corrected chi connectivity index (χ3v) is 3.11. The third-order valence-electron chi connectivity index (χ3n) is 3.11. The lowest BCUT2D eigenvalue weighted by atomic mass is 10.1. The first-order valence-electron chi connectivity index (χ1n) is 5.62. The van der Waals surface area contributed by atoms with E-state index in [1.165, 1.54) is 17.2 Å². The van der Waals surface area contributed by atoms with Crippen LogP contribution in [-0.2, 0) is 4.74 Å². The number of hydrogen-bond donors (Lipinski definition) is 3. The fourth-order valence-electron chi connectivity index (χ4n) is 2.13. The van der Waals surface area contributed by atoms with Gasteiger partial charge < -0.3 is 19.9 Å². The van der Waals surface area contributed by atoms with Crippen LogP contribution in [0.25, 0.3) is 11.2 Å². The zero-order chi connectivity index (χ0) is 13.6. The third kappa shape index (κ3) is 1.74. The van der Waals surface area contributed by atoms with Gasteiger partial charge >= 0.3 is 0 Å². The molecule has 4 atom stereocenters. The number of alkyl halides is 1. The largest absolute Gasteiger partial charge is 0.394 e. The first-order valence-corrected chi connectivity index (χ1v) is 5.62. The van der Waals surface area contributed by atoms with Gasteiger partial charge in [0.1, 0.15) is 12.2 Å². The number of hydrogen-bond acceptors (Lipinski definition) is 6. The van der Waals surface area contributed by atoms with Crippen molar-refractivity contribution in [3.05, 3.63) is 23.0 Å². The second-order valence-electron chi connectivity index (χ2n) is 4.24. The average molecular weight is 270 g/mol. The molecule has 1 unspecified atom stereocenters. The Morgan fingerprint density at radius 1 is 1.53 bits per heavy atom. The monoisotopic (exact) mass is 270 g/mol. The van der Waals surface area contributed by atoms with Crippen molar-refractivity contribution in [2.24, 2.45) is 0 Å². The number of halogens is 1. The second-order valence-corrected chi connectivity index (χ2v) is 4.24. The van der Waals surface area contributed by atoms with Crippen molar-refractivity contribution < 1.29 is 19.3 Å². The zero-order valence-electron chi connectivity index (χ0n) is 9.60. The SMILES string of the molecule is O=c1[nH]cnc2c1ncn2[C@@H]1O[C@H](CO)[C@H](O)C1F. The van der Waals surface area contributed by atoms with Crippen LogP contribution < -0.4 is 5.56 Å². The van der Waals surface area contributed by atoms with E-state index >= 15 is 0 Å². The van der Waals surface area contributed by atoms with Gasteiger partial charge in [-0.05, 0) is 0 Å². The fourth-order valence-corrected chi connectivity index (χ4v) is 2.13. The van der Waals surface area contributed by atoms with Crippen LogP contribution >= 0.6 is 0 Å². The van der Waals surface area contributed by atoms with Gasteiger partial charge in [-0.1, -0.05) is 0 Å². The van der Waals surface area contributed by atoms with Gasteiger partial charge in [-0.2, -0.15) is 0 Å². The number of nitrogens with one attached hydrogen (secondary N) is 1. The molecule has 0 bridgehead atoms. The molecule has 0 aromatic carbocycles. The van der Waals surface area contributed by atoms with Crippen molar-refractivity contribution in [1.29, 1.82) is 0 Å². The molecule has 2 aromatic heterocycles. The predicted molar refractivity (Wildman–Crippen MR) is 60.0 cm³/mol. The lowest BCUT2D eigenvalue weighted by Crippen LogP contribution is -2.30. The van der Waals surface area contributed by atoms with Gasteiger partial charge in [0, 0.05) is 0 Å². The fraction of sp³-hybridized carbons (Fsp3) is 0.500. The highest BCUT2D eigenvalue weighted by Gasteiger charge is 2.45. The summed E-state index contributed by atoms with van der Waals surface area (Å²) in [6, 6.07) is 0. The first-order chi connectivity index (χ1) is 9.13. The Labute approximate surface area is 105 Å². The van der Waals surface area contributed by atoms with Crippen molar-refractivity contribution in [3.8, 4) is 0 Å². The number of ether oxygens (including phenoxy) is 1. The van der Waals surface area contributed by atoms with E-state index in [2.05, 4.69) is 15.0 Å². The number of aromatic nitrogens is 4. The number of H-pyrrole nitrogens is 1. The minimum atomic E-state index is -1.74. The molecular weight excluding hydrogens is 259 g/mol. The maximum Gasteiger partial charge on any atom is 0.278 e. The van der Waals surface area contributed by atoms with E-state index in [1.807, 2.05) is 0 Å². The molecule has 1 aliphatic heterocycles. The van der Waals surface area contributed by atoms with E-state index in [1.54, 1.807) is 0 Å². The maximum atomic E-state index is 14.0. The van der Waals surface area contributed by atoms with Gasteiger partial charge in [0.25, 0.3) is 5.56 Å². The number of rotatable bonds is 2. The molecule has 19 heavy (non-hydrogen) atoms. The Morgan fingerprint density at radius 3 is 3.00 bits per heavy atom. The van der Waals surface area contributed by atoms with E-state index in [4.69, 9.17) is 9.84 Å². The molecular formula is C10H11FN4O4. The van der Waals surface area contributed by atoms with E-state index in [0.717, 1.165) is 0 Å². The molecule has 3 rings (SSSR count). The summed E-state index contributed by atoms with van der Waals surface area (Å²) >= 11 is 0. The van der Waals surface area contributed by atoms with Crippen molar-refractivity contribution in [1.82, 2.24) is 19.5 Å². The lowest BCUT2D eigenvalue weighted by Gasteiger charge is -2.14. The van der Waals surface area contributed by atoms with E-state index in [-0.39, 0.29) is 11.2 Å². The molecule has 0 aliphatic carbocycles. The van der Waals surface area contributed by atoms with Gasteiger partial charge in [-0.3, -0.25) is 9.36 Å². The standard InChI is InChI=1S/C10H11FN4O4/c11-5-7(17)4(1-16)19-10(5)15-3-14-6-8(15)12-2-13-9(6)18/h2-5,7,10,16-17H,1H2,(H,12,13,18)/t4-,5?,7+,10-/m1/s1. The normalized spacial score (nSPS) is 31.1. The van der Waals surface area contributed by atoms with Crippen LogP contribution in [-0.4, -0.2) is 54.7 Å². The van der Waals surface area contributed by atoms with Gasteiger partial charge in [0.2, 0.25) is 0 Å². The molecule has 1 aliphatic rings. The smallest absolute Gasteiger partial charge is 0.278 e. The summed E-state index contributed by atoms with van der Waals surface area (Å²) in [6.07, 6.45) is -2.97. The van der Waals surface area contributed by atoms with Crippen LogP contribution in [0.2, 0.25) is 0 Å². The Kier molecular flexibility index (Phi) is 2.81. The first kappa shape index (κ1) is 12.2. The van der Waals surface area contributed by atoms with Crippen LogP contribution in [0.5, 0.6) is 0 Å². The van der Waals surface area contributed by atoms with Crippen molar-refractivity contribution in [2.45, 2.75) is 24.6 Å². The average Bonchev–Trinajstić information content (AvgIpc) is 2.94. The molecule has 0 saturated carbocycles. The summed E-state index contributed by atoms with van der Waals surface area (Å²) in [5.41, 5.74) is -0.237. The molecule has 1 fully saturated rings. The van der Waals surface area contributed by atoms with E-state index < -0.39 is 36.8 Å². The molecule has 8 nitrogen and oxygen atoms in total. The highest BCUT2D eigenvalue weighted by molar-refractivity contribution is 5.68. The van der Waals surface area contributed by atoms with Crippen LogP contribution in [0.1, 0.15) is 6.23 Å². The highest BCUT2D eigenvalue weighted by Crippen LogP contribution is 2.32. The number of aromatic amines is 1. The number of imidazole rings is 1. The van der Waals surface area contributed by atoms with Crippen molar-refractivity contribution >= 4 is 11.2 Å². The Bertz CT molecular complexity index is 656. The summed E-state index contributed by atoms with van der Waals surface area (Å²) in [7, 11) is 0. The van der Waals surface area contributed by atoms with Crippen molar-refractivity contribution in [3.63, 3.8) is 0 Å². The van der Waals surface area contributed by atoms with Crippen LogP contribution in [0, 0.1) is 0 Å². The molecule has 0 spiro atoms. The van der Waals surface area contributed by atoms with Crippen LogP contribution in [0.4, 0.5) is 4.39 Å². The molecule has 2 aromatic rings. The molecule has 9 heteroatoms. The van der Waals surface area contributed by atoms with Gasteiger partial charge in [0.15, 0.2) is 23.6 Å². The van der Waals surface area contributed by atoms with Gasteiger partial charge in [-0.15, -0.1) is 0 Å². The topological polar surface area (TPSA) is 113 Å². The molecule has 3 N–H and O–H groups in total. The zero-order valence-corrected chi connectivity index (χ0v) is 9.60. The number of aliphatic hydroxyl groups is 2. The lowest BCUT2D eigenvalue weighted by molar-refractivity contribution is -0.0459. The van der Waals surface area contributed by atoms with Gasteiger partial charge in [0.05, 0.1) is 19.3 Å². The van der Waals surface area contributed by atoms with E-state index in [9.17, 15) is 14.3 Å². The Hall–Kier alpha value is -1.84. The highest BCUT2D eigenvalue weighted by atomic mass is 19.1. The quantitative estimate of drug-likeness (QED) is 0.625. The molecule has 102 valence electrons. The molecule has 1 saturated heterocycles. The predicted octanol–water partition coefficient (Wildman–Crippen LogP) is -1.29.